The smallest absolute Gasteiger partial charge is 0.357 e. The van der Waals surface area contributed by atoms with E-state index in [9.17, 15) is 9.59 Å². The highest BCUT2D eigenvalue weighted by Gasteiger charge is 2.26. The van der Waals surface area contributed by atoms with Crippen molar-refractivity contribution >= 4 is 11.9 Å². The normalized spacial score (nSPS) is 10.3. The van der Waals surface area contributed by atoms with Crippen LogP contribution < -0.4 is 0 Å². The molecule has 6 heteroatoms. The minimum atomic E-state index is -0.654. The second kappa shape index (κ2) is 8.23. The van der Waals surface area contributed by atoms with Crippen LogP contribution in [0, 0.1) is 0 Å². The maximum atomic E-state index is 12.6. The number of ether oxygens (including phenoxy) is 2. The Labute approximate surface area is 156 Å². The fraction of sp³-hybridized carbons (Fsp3) is 0.143. The van der Waals surface area contributed by atoms with Crippen molar-refractivity contribution in [2.24, 2.45) is 0 Å². The first-order valence-corrected chi connectivity index (χ1v) is 8.44. The lowest BCUT2D eigenvalue weighted by molar-refractivity contribution is 0.0520. The van der Waals surface area contributed by atoms with Crippen LogP contribution in [0.5, 0.6) is 0 Å². The molecular weight excluding hydrogens is 344 g/mol. The van der Waals surface area contributed by atoms with E-state index in [4.69, 9.17) is 9.47 Å². The fourth-order valence-corrected chi connectivity index (χ4v) is 2.65. The zero-order valence-electron chi connectivity index (χ0n) is 15.0. The molecule has 0 aliphatic carbocycles. The summed E-state index contributed by atoms with van der Waals surface area (Å²) in [5, 5.41) is 0. The molecule has 0 aliphatic rings. The number of carbonyl (C=O) groups is 2. The molecule has 0 bridgehead atoms. The lowest BCUT2D eigenvalue weighted by Crippen LogP contribution is -2.16. The highest BCUT2D eigenvalue weighted by molar-refractivity contribution is 6.04. The van der Waals surface area contributed by atoms with E-state index < -0.39 is 11.9 Å². The fourth-order valence-electron chi connectivity index (χ4n) is 2.65. The van der Waals surface area contributed by atoms with Crippen LogP contribution in [-0.4, -0.2) is 35.6 Å². The number of hydrogen-bond donors (Lipinski definition) is 0. The molecule has 0 atom stereocenters. The minimum absolute atomic E-state index is 0.0145. The summed E-state index contributed by atoms with van der Waals surface area (Å²) in [4.78, 5) is 33.9. The van der Waals surface area contributed by atoms with Crippen LogP contribution in [0.15, 0.2) is 60.7 Å². The Kier molecular flexibility index (Phi) is 5.56. The maximum absolute atomic E-state index is 12.6. The monoisotopic (exact) mass is 362 g/mol. The standard InChI is InChI=1S/C21H18N2O4/c1-3-27-21(25)18-16(14-10-6-4-7-11-14)17(20(24)26-2)22-19(23-18)15-12-8-5-9-13-15/h4-13H,3H2,1-2H3. The molecule has 0 amide bonds. The first-order chi connectivity index (χ1) is 13.2. The topological polar surface area (TPSA) is 78.4 Å². The predicted octanol–water partition coefficient (Wildman–Crippen LogP) is 3.77. The summed E-state index contributed by atoms with van der Waals surface area (Å²) in [6.45, 7) is 1.89. The molecule has 0 spiro atoms. The van der Waals surface area contributed by atoms with Crippen molar-refractivity contribution < 1.29 is 19.1 Å². The molecule has 3 rings (SSSR count). The summed E-state index contributed by atoms with van der Waals surface area (Å²) in [5.74, 6) is -1.03. The van der Waals surface area contributed by atoms with Crippen molar-refractivity contribution in [2.75, 3.05) is 13.7 Å². The molecule has 2 aromatic carbocycles. The van der Waals surface area contributed by atoms with Crippen LogP contribution in [0.1, 0.15) is 27.9 Å². The molecule has 0 radical (unpaired) electrons. The number of esters is 2. The van der Waals surface area contributed by atoms with Gasteiger partial charge in [0.2, 0.25) is 0 Å². The average molecular weight is 362 g/mol. The van der Waals surface area contributed by atoms with E-state index in [1.165, 1.54) is 7.11 Å². The van der Waals surface area contributed by atoms with Gasteiger partial charge < -0.3 is 9.47 Å². The highest BCUT2D eigenvalue weighted by Crippen LogP contribution is 2.29. The highest BCUT2D eigenvalue weighted by atomic mass is 16.5. The summed E-state index contributed by atoms with van der Waals surface area (Å²) in [6.07, 6.45) is 0. The second-order valence-corrected chi connectivity index (χ2v) is 5.56. The molecule has 0 saturated carbocycles. The largest absolute Gasteiger partial charge is 0.464 e. The molecule has 27 heavy (non-hydrogen) atoms. The summed E-state index contributed by atoms with van der Waals surface area (Å²) in [7, 11) is 1.27. The van der Waals surface area contributed by atoms with Gasteiger partial charge in [0.1, 0.15) is 0 Å². The van der Waals surface area contributed by atoms with Gasteiger partial charge in [0.15, 0.2) is 17.2 Å². The van der Waals surface area contributed by atoms with Crippen LogP contribution >= 0.6 is 0 Å². The molecule has 0 aliphatic heterocycles. The van der Waals surface area contributed by atoms with E-state index in [-0.39, 0.29) is 23.8 Å². The number of methoxy groups -OCH3 is 1. The lowest BCUT2D eigenvalue weighted by atomic mass is 10.0. The number of rotatable bonds is 5. The van der Waals surface area contributed by atoms with Crippen LogP contribution in [0.25, 0.3) is 22.5 Å². The molecule has 3 aromatic rings. The van der Waals surface area contributed by atoms with Crippen molar-refractivity contribution in [3.05, 3.63) is 72.1 Å². The van der Waals surface area contributed by atoms with Gasteiger partial charge in [0.25, 0.3) is 0 Å². The molecule has 0 unspecified atom stereocenters. The van der Waals surface area contributed by atoms with Crippen molar-refractivity contribution in [1.29, 1.82) is 0 Å². The Balaban J connectivity index is 2.32. The third-order valence-electron chi connectivity index (χ3n) is 3.85. The van der Waals surface area contributed by atoms with Crippen molar-refractivity contribution in [3.8, 4) is 22.5 Å². The predicted molar refractivity (Wildman–Crippen MR) is 100 cm³/mol. The minimum Gasteiger partial charge on any atom is -0.464 e. The van der Waals surface area contributed by atoms with Gasteiger partial charge in [-0.2, -0.15) is 0 Å². The van der Waals surface area contributed by atoms with Gasteiger partial charge in [0, 0.05) is 11.1 Å². The Morgan fingerprint density at radius 1 is 0.815 bits per heavy atom. The van der Waals surface area contributed by atoms with Crippen LogP contribution in [-0.2, 0) is 9.47 Å². The van der Waals surface area contributed by atoms with Crippen molar-refractivity contribution in [2.45, 2.75) is 6.92 Å². The van der Waals surface area contributed by atoms with Gasteiger partial charge in [0.05, 0.1) is 13.7 Å². The number of aromatic nitrogens is 2. The van der Waals surface area contributed by atoms with Gasteiger partial charge in [-0.1, -0.05) is 60.7 Å². The van der Waals surface area contributed by atoms with Crippen LogP contribution in [0.4, 0.5) is 0 Å². The van der Waals surface area contributed by atoms with Gasteiger partial charge in [-0.15, -0.1) is 0 Å². The maximum Gasteiger partial charge on any atom is 0.357 e. The Morgan fingerprint density at radius 3 is 1.85 bits per heavy atom. The SMILES string of the molecule is CCOC(=O)c1nc(-c2ccccc2)nc(C(=O)OC)c1-c1ccccc1. The van der Waals surface area contributed by atoms with Gasteiger partial charge in [-0.25, -0.2) is 19.6 Å². The molecular formula is C21H18N2O4. The summed E-state index contributed by atoms with van der Waals surface area (Å²) >= 11 is 0. The molecule has 1 heterocycles. The zero-order valence-corrected chi connectivity index (χ0v) is 15.0. The van der Waals surface area contributed by atoms with Gasteiger partial charge in [-0.05, 0) is 12.5 Å². The van der Waals surface area contributed by atoms with Gasteiger partial charge in [-0.3, -0.25) is 0 Å². The van der Waals surface area contributed by atoms with E-state index in [1.54, 1.807) is 43.3 Å². The van der Waals surface area contributed by atoms with Crippen LogP contribution in [0.3, 0.4) is 0 Å². The van der Waals surface area contributed by atoms with E-state index in [0.29, 0.717) is 16.7 Å². The number of benzene rings is 2. The first kappa shape index (κ1) is 18.3. The quantitative estimate of drug-likeness (QED) is 0.643. The molecule has 136 valence electrons. The molecule has 0 fully saturated rings. The summed E-state index contributed by atoms with van der Waals surface area (Å²) < 4.78 is 10.1. The molecule has 1 aromatic heterocycles. The Hall–Kier alpha value is -3.54. The van der Waals surface area contributed by atoms with Crippen LogP contribution in [0.2, 0.25) is 0 Å². The van der Waals surface area contributed by atoms with E-state index in [1.807, 2.05) is 24.3 Å². The second-order valence-electron chi connectivity index (χ2n) is 5.56. The summed E-state index contributed by atoms with van der Waals surface area (Å²) in [6, 6.07) is 18.1. The van der Waals surface area contributed by atoms with E-state index in [2.05, 4.69) is 9.97 Å². The number of nitrogens with zero attached hydrogens (tertiary/aromatic N) is 2. The van der Waals surface area contributed by atoms with Crippen molar-refractivity contribution in [1.82, 2.24) is 9.97 Å². The first-order valence-electron chi connectivity index (χ1n) is 8.44. The molecule has 6 nitrogen and oxygen atoms in total. The number of hydrogen-bond acceptors (Lipinski definition) is 6. The third kappa shape index (κ3) is 3.84. The average Bonchev–Trinajstić information content (AvgIpc) is 2.73. The lowest BCUT2D eigenvalue weighted by Gasteiger charge is -2.14. The Morgan fingerprint density at radius 2 is 1.33 bits per heavy atom. The number of carbonyl (C=O) groups excluding carboxylic acids is 2. The molecule has 0 N–H and O–H groups in total. The Bertz CT molecular complexity index is 957. The van der Waals surface area contributed by atoms with E-state index in [0.717, 1.165) is 0 Å². The van der Waals surface area contributed by atoms with E-state index >= 15 is 0 Å². The van der Waals surface area contributed by atoms with Crippen molar-refractivity contribution in [3.63, 3.8) is 0 Å². The summed E-state index contributed by atoms with van der Waals surface area (Å²) in [5.41, 5.74) is 1.63. The molecule has 0 saturated heterocycles. The van der Waals surface area contributed by atoms with Gasteiger partial charge >= 0.3 is 11.9 Å². The third-order valence-corrected chi connectivity index (χ3v) is 3.85. The zero-order chi connectivity index (χ0) is 19.2.